The molecule has 33 heavy (non-hydrogen) atoms. The number of hydrogen-bond donors (Lipinski definition) is 4. The first-order valence-electron chi connectivity index (χ1n) is 12.4. The quantitative estimate of drug-likeness (QED) is 0.255. The van der Waals surface area contributed by atoms with E-state index in [-0.39, 0.29) is 12.1 Å². The molecule has 2 saturated carbocycles. The van der Waals surface area contributed by atoms with Crippen LogP contribution in [0.3, 0.4) is 0 Å². The van der Waals surface area contributed by atoms with Crippen LogP contribution in [0, 0.1) is 5.92 Å². The molecule has 0 spiro atoms. The van der Waals surface area contributed by atoms with E-state index >= 15 is 0 Å². The third-order valence-electron chi connectivity index (χ3n) is 6.76. The molecule has 5 N–H and O–H groups in total. The Kier molecular flexibility index (Phi) is 12.3. The number of amides is 3. The monoisotopic (exact) mass is 467 g/mol. The summed E-state index contributed by atoms with van der Waals surface area (Å²) < 4.78 is 5.35. The predicted molar refractivity (Wildman–Crippen MR) is 124 cm³/mol. The molecule has 0 bridgehead atoms. The lowest BCUT2D eigenvalue weighted by Crippen LogP contribution is -2.51. The number of nitrogens with zero attached hydrogens (tertiary/aromatic N) is 2. The molecular weight excluding hydrogens is 426 g/mol. The Hall–Kier alpha value is -2.07. The zero-order chi connectivity index (χ0) is 24.1. The van der Waals surface area contributed by atoms with E-state index in [1.165, 1.54) is 6.42 Å². The van der Waals surface area contributed by atoms with Crippen LogP contribution in [-0.2, 0) is 14.3 Å². The lowest BCUT2D eigenvalue weighted by Gasteiger charge is -2.27. The van der Waals surface area contributed by atoms with Gasteiger partial charge in [0.15, 0.2) is 0 Å². The van der Waals surface area contributed by atoms with Crippen molar-refractivity contribution in [2.45, 2.75) is 108 Å². The van der Waals surface area contributed by atoms with Gasteiger partial charge in [0.2, 0.25) is 5.91 Å². The molecule has 2 atom stereocenters. The van der Waals surface area contributed by atoms with Crippen molar-refractivity contribution in [3.63, 3.8) is 0 Å². The molecule has 2 rings (SSSR count). The van der Waals surface area contributed by atoms with Crippen LogP contribution in [0.25, 0.3) is 0 Å². The first-order valence-corrected chi connectivity index (χ1v) is 12.4. The molecule has 0 aromatic heterocycles. The fourth-order valence-corrected chi connectivity index (χ4v) is 4.72. The van der Waals surface area contributed by atoms with E-state index in [9.17, 15) is 19.5 Å². The molecule has 2 aliphatic rings. The van der Waals surface area contributed by atoms with Crippen LogP contribution < -0.4 is 16.4 Å². The van der Waals surface area contributed by atoms with Crippen LogP contribution in [0.1, 0.15) is 83.5 Å². The first kappa shape index (κ1) is 27.2. The number of carbonyl (C=O) groups is 3. The number of nitrogens with one attached hydrogen (secondary N) is 2. The van der Waals surface area contributed by atoms with Crippen LogP contribution in [-0.4, -0.2) is 60.9 Å². The summed E-state index contributed by atoms with van der Waals surface area (Å²) in [7, 11) is 1.70. The van der Waals surface area contributed by atoms with Gasteiger partial charge in [-0.25, -0.2) is 9.59 Å². The number of carboxylic acids is 1. The number of azo groups is 1. The lowest BCUT2D eigenvalue weighted by atomic mass is 9.84. The maximum absolute atomic E-state index is 13.0. The Labute approximate surface area is 196 Å². The van der Waals surface area contributed by atoms with E-state index in [0.29, 0.717) is 38.1 Å². The molecule has 188 valence electrons. The van der Waals surface area contributed by atoms with Crippen molar-refractivity contribution in [3.8, 4) is 0 Å². The van der Waals surface area contributed by atoms with E-state index in [1.54, 1.807) is 7.11 Å². The molecular formula is C23H41N5O5. The van der Waals surface area contributed by atoms with E-state index < -0.39 is 30.0 Å². The largest absolute Gasteiger partial charge is 0.480 e. The van der Waals surface area contributed by atoms with Gasteiger partial charge in [-0.15, -0.1) is 0 Å². The van der Waals surface area contributed by atoms with Crippen LogP contribution in [0.5, 0.6) is 0 Å². The maximum Gasteiger partial charge on any atom is 0.359 e. The Morgan fingerprint density at radius 2 is 1.70 bits per heavy atom. The summed E-state index contributed by atoms with van der Waals surface area (Å²) in [6.07, 6.45) is 11.1. The zero-order valence-corrected chi connectivity index (χ0v) is 19.8. The Morgan fingerprint density at radius 3 is 2.30 bits per heavy atom. The molecule has 2 unspecified atom stereocenters. The van der Waals surface area contributed by atoms with Crippen molar-refractivity contribution in [2.75, 3.05) is 13.7 Å². The molecule has 0 aromatic carbocycles. The molecule has 3 amide bonds. The van der Waals surface area contributed by atoms with Gasteiger partial charge >= 0.3 is 12.0 Å². The van der Waals surface area contributed by atoms with Gasteiger partial charge in [-0.1, -0.05) is 37.2 Å². The normalized spacial score (nSPS) is 23.7. The Bertz CT molecular complexity index is 645. The minimum absolute atomic E-state index is 0.0216. The Morgan fingerprint density at radius 1 is 1.00 bits per heavy atom. The summed E-state index contributed by atoms with van der Waals surface area (Å²) in [6, 6.07) is -2.52. The van der Waals surface area contributed by atoms with Gasteiger partial charge in [-0.2, -0.15) is 5.11 Å². The van der Waals surface area contributed by atoms with E-state index in [2.05, 4.69) is 20.9 Å². The number of methoxy groups -OCH3 is 1. The number of aliphatic carboxylic acids is 1. The highest BCUT2D eigenvalue weighted by molar-refractivity contribution is 5.90. The van der Waals surface area contributed by atoms with Gasteiger partial charge in [0.1, 0.15) is 12.1 Å². The van der Waals surface area contributed by atoms with Gasteiger partial charge in [0, 0.05) is 7.11 Å². The smallest absolute Gasteiger partial charge is 0.359 e. The first-order chi connectivity index (χ1) is 15.9. The highest BCUT2D eigenvalue weighted by atomic mass is 16.5. The van der Waals surface area contributed by atoms with Gasteiger partial charge in [0.05, 0.1) is 12.1 Å². The number of urea groups is 1. The average Bonchev–Trinajstić information content (AvgIpc) is 2.82. The molecule has 0 aromatic rings. The molecule has 10 heteroatoms. The Balaban J connectivity index is 1.96. The third-order valence-corrected chi connectivity index (χ3v) is 6.76. The number of carboxylic acid groups (broad SMARTS) is 1. The number of hydrogen-bond acceptors (Lipinski definition) is 6. The molecule has 0 saturated heterocycles. The topological polar surface area (TPSA) is 155 Å². The zero-order valence-electron chi connectivity index (χ0n) is 19.8. The minimum atomic E-state index is -1.09. The average molecular weight is 468 g/mol. The van der Waals surface area contributed by atoms with Crippen molar-refractivity contribution in [2.24, 2.45) is 21.9 Å². The number of carbonyl (C=O) groups excluding carboxylic acids is 2. The van der Waals surface area contributed by atoms with Crippen LogP contribution in [0.2, 0.25) is 0 Å². The highest BCUT2D eigenvalue weighted by Crippen LogP contribution is 2.27. The maximum atomic E-state index is 13.0. The van der Waals surface area contributed by atoms with Gasteiger partial charge in [0.25, 0.3) is 0 Å². The van der Waals surface area contributed by atoms with Crippen molar-refractivity contribution in [1.29, 1.82) is 0 Å². The van der Waals surface area contributed by atoms with Crippen molar-refractivity contribution in [3.05, 3.63) is 0 Å². The highest BCUT2D eigenvalue weighted by Gasteiger charge is 2.29. The van der Waals surface area contributed by atoms with Gasteiger partial charge in [-0.05, 0) is 63.8 Å². The van der Waals surface area contributed by atoms with Crippen molar-refractivity contribution >= 4 is 17.9 Å². The van der Waals surface area contributed by atoms with Crippen molar-refractivity contribution in [1.82, 2.24) is 10.6 Å². The molecule has 0 radical (unpaired) electrons. The lowest BCUT2D eigenvalue weighted by molar-refractivity contribution is -0.142. The number of nitrogens with two attached hydrogens (primary N) is 1. The van der Waals surface area contributed by atoms with Gasteiger partial charge < -0.3 is 26.2 Å². The number of ether oxygens (including phenoxy) is 1. The summed E-state index contributed by atoms with van der Waals surface area (Å²) >= 11 is 0. The molecule has 2 fully saturated rings. The summed E-state index contributed by atoms with van der Waals surface area (Å²) in [6.45, 7) is 0.471. The fraction of sp³-hybridized carbons (Fsp3) is 0.870. The summed E-state index contributed by atoms with van der Waals surface area (Å²) in [4.78, 5) is 37.1. The second-order valence-electron chi connectivity index (χ2n) is 9.31. The van der Waals surface area contributed by atoms with Crippen LogP contribution >= 0.6 is 0 Å². The summed E-state index contributed by atoms with van der Waals surface area (Å²) in [5.41, 5.74) is 5.49. The number of unbranched alkanes of at least 4 members (excludes halogenated alkanes) is 1. The number of rotatable bonds is 12. The summed E-state index contributed by atoms with van der Waals surface area (Å²) in [5, 5.41) is 22.8. The van der Waals surface area contributed by atoms with E-state index in [1.807, 2.05) is 0 Å². The molecule has 2 aliphatic carbocycles. The molecule has 0 heterocycles. The second kappa shape index (κ2) is 15.0. The predicted octanol–water partition coefficient (Wildman–Crippen LogP) is 3.14. The minimum Gasteiger partial charge on any atom is -0.480 e. The van der Waals surface area contributed by atoms with Crippen LogP contribution in [0.15, 0.2) is 10.2 Å². The second-order valence-corrected chi connectivity index (χ2v) is 9.31. The standard InChI is InChI=1S/C23H41N5O5/c1-33-18-12-10-17(11-13-18)27-28-23(32)26-20(15-16-7-3-2-4-8-16)21(29)25-19(22(30)31)9-5-6-14-24/h16-20H,2-15,24H2,1H3,(H,25,29)(H,26,32)(H,30,31). The SMILES string of the molecule is COC1CCC(N=NC(=O)NC(CC2CCCCC2)C(=O)NC(CCCCN)C(=O)O)CC1. The van der Waals surface area contributed by atoms with E-state index in [4.69, 9.17) is 10.5 Å². The fourth-order valence-electron chi connectivity index (χ4n) is 4.72. The van der Waals surface area contributed by atoms with Crippen LogP contribution in [0.4, 0.5) is 4.79 Å². The van der Waals surface area contributed by atoms with Crippen molar-refractivity contribution < 1.29 is 24.2 Å². The summed E-state index contributed by atoms with van der Waals surface area (Å²) in [5.74, 6) is -1.25. The molecule has 10 nitrogen and oxygen atoms in total. The van der Waals surface area contributed by atoms with Gasteiger partial charge in [-0.3, -0.25) is 4.79 Å². The van der Waals surface area contributed by atoms with E-state index in [0.717, 1.165) is 51.4 Å². The molecule has 0 aliphatic heterocycles. The third kappa shape index (κ3) is 10.2.